The molecule has 0 aliphatic carbocycles. The SMILES string of the molecule is O=C(OC1CCOC1)N1CCC1. The van der Waals surface area contributed by atoms with Crippen molar-refractivity contribution < 1.29 is 14.3 Å². The maximum Gasteiger partial charge on any atom is 0.410 e. The van der Waals surface area contributed by atoms with Gasteiger partial charge in [0.2, 0.25) is 0 Å². The normalized spacial score (nSPS) is 28.3. The summed E-state index contributed by atoms with van der Waals surface area (Å²) in [5.74, 6) is 0. The third-order valence-electron chi connectivity index (χ3n) is 2.27. The molecule has 0 aromatic rings. The standard InChI is InChI=1S/C8H13NO3/c10-8(9-3-1-4-9)12-7-2-5-11-6-7/h7H,1-6H2. The van der Waals surface area contributed by atoms with E-state index in [4.69, 9.17) is 9.47 Å². The van der Waals surface area contributed by atoms with Crippen molar-refractivity contribution in [1.29, 1.82) is 0 Å². The molecule has 2 rings (SSSR count). The molecule has 1 amide bonds. The van der Waals surface area contributed by atoms with Crippen molar-refractivity contribution in [1.82, 2.24) is 4.90 Å². The fraction of sp³-hybridized carbons (Fsp3) is 0.875. The van der Waals surface area contributed by atoms with Crippen LogP contribution >= 0.6 is 0 Å². The van der Waals surface area contributed by atoms with Crippen LogP contribution in [0.1, 0.15) is 12.8 Å². The topological polar surface area (TPSA) is 38.8 Å². The van der Waals surface area contributed by atoms with Gasteiger partial charge in [-0.05, 0) is 6.42 Å². The third kappa shape index (κ3) is 1.53. The van der Waals surface area contributed by atoms with Gasteiger partial charge in [0.25, 0.3) is 0 Å². The molecule has 2 aliphatic heterocycles. The molecule has 0 aromatic carbocycles. The van der Waals surface area contributed by atoms with Crippen molar-refractivity contribution in [2.45, 2.75) is 18.9 Å². The van der Waals surface area contributed by atoms with Crippen LogP contribution in [0.15, 0.2) is 0 Å². The Balaban J connectivity index is 1.73. The van der Waals surface area contributed by atoms with Gasteiger partial charge in [-0.1, -0.05) is 0 Å². The molecule has 4 heteroatoms. The van der Waals surface area contributed by atoms with Crippen LogP contribution in [-0.4, -0.2) is 43.4 Å². The molecule has 2 saturated heterocycles. The Bertz CT molecular complexity index is 173. The molecule has 2 heterocycles. The summed E-state index contributed by atoms with van der Waals surface area (Å²) < 4.78 is 10.3. The van der Waals surface area contributed by atoms with E-state index in [1.165, 1.54) is 0 Å². The van der Waals surface area contributed by atoms with Gasteiger partial charge in [0, 0.05) is 19.5 Å². The summed E-state index contributed by atoms with van der Waals surface area (Å²) in [6.45, 7) is 3.00. The van der Waals surface area contributed by atoms with Crippen LogP contribution in [0.5, 0.6) is 0 Å². The van der Waals surface area contributed by atoms with Crippen LogP contribution in [0.4, 0.5) is 4.79 Å². The van der Waals surface area contributed by atoms with Crippen LogP contribution in [0.25, 0.3) is 0 Å². The smallest absolute Gasteiger partial charge is 0.410 e. The Morgan fingerprint density at radius 2 is 2.33 bits per heavy atom. The van der Waals surface area contributed by atoms with Gasteiger partial charge in [-0.15, -0.1) is 0 Å². The first-order valence-corrected chi connectivity index (χ1v) is 4.39. The van der Waals surface area contributed by atoms with Crippen LogP contribution in [-0.2, 0) is 9.47 Å². The monoisotopic (exact) mass is 171 g/mol. The van der Waals surface area contributed by atoms with Crippen molar-refractivity contribution in [3.63, 3.8) is 0 Å². The molecule has 68 valence electrons. The molecule has 2 aliphatic rings. The van der Waals surface area contributed by atoms with E-state index in [1.54, 1.807) is 4.90 Å². The summed E-state index contributed by atoms with van der Waals surface area (Å²) in [4.78, 5) is 13.0. The Morgan fingerprint density at radius 3 is 2.83 bits per heavy atom. The number of carbonyl (C=O) groups is 1. The van der Waals surface area contributed by atoms with Gasteiger partial charge in [0.05, 0.1) is 13.2 Å². The largest absolute Gasteiger partial charge is 0.444 e. The van der Waals surface area contributed by atoms with Crippen molar-refractivity contribution >= 4 is 6.09 Å². The average Bonchev–Trinajstić information content (AvgIpc) is 2.34. The first-order chi connectivity index (χ1) is 5.86. The van der Waals surface area contributed by atoms with E-state index in [0.717, 1.165) is 32.5 Å². The van der Waals surface area contributed by atoms with Crippen LogP contribution < -0.4 is 0 Å². The van der Waals surface area contributed by atoms with Gasteiger partial charge in [0.1, 0.15) is 6.10 Å². The van der Waals surface area contributed by atoms with E-state index in [-0.39, 0.29) is 12.2 Å². The number of hydrogen-bond acceptors (Lipinski definition) is 3. The number of hydrogen-bond donors (Lipinski definition) is 0. The molecule has 1 unspecified atom stereocenters. The Labute approximate surface area is 71.4 Å². The Hall–Kier alpha value is -0.770. The molecule has 12 heavy (non-hydrogen) atoms. The van der Waals surface area contributed by atoms with E-state index < -0.39 is 0 Å². The molecule has 1 atom stereocenters. The lowest BCUT2D eigenvalue weighted by molar-refractivity contribution is 0.0407. The highest BCUT2D eigenvalue weighted by atomic mass is 16.6. The number of rotatable bonds is 1. The molecule has 0 saturated carbocycles. The second kappa shape index (κ2) is 3.31. The quantitative estimate of drug-likeness (QED) is 0.580. The summed E-state index contributed by atoms with van der Waals surface area (Å²) in [7, 11) is 0. The molecule has 0 spiro atoms. The lowest BCUT2D eigenvalue weighted by Gasteiger charge is -2.30. The van der Waals surface area contributed by atoms with Gasteiger partial charge in [0.15, 0.2) is 0 Å². The summed E-state index contributed by atoms with van der Waals surface area (Å²) in [6, 6.07) is 0. The van der Waals surface area contributed by atoms with E-state index in [1.807, 2.05) is 0 Å². The zero-order valence-electron chi connectivity index (χ0n) is 6.99. The van der Waals surface area contributed by atoms with Gasteiger partial charge in [-0.3, -0.25) is 0 Å². The molecule has 4 nitrogen and oxygen atoms in total. The summed E-state index contributed by atoms with van der Waals surface area (Å²) in [5, 5.41) is 0. The summed E-state index contributed by atoms with van der Waals surface area (Å²) >= 11 is 0. The van der Waals surface area contributed by atoms with Crippen molar-refractivity contribution in [3.8, 4) is 0 Å². The summed E-state index contributed by atoms with van der Waals surface area (Å²) in [6.07, 6.45) is 1.78. The number of likely N-dealkylation sites (tertiary alicyclic amines) is 1. The first kappa shape index (κ1) is 7.86. The number of carbonyl (C=O) groups excluding carboxylic acids is 1. The van der Waals surface area contributed by atoms with E-state index >= 15 is 0 Å². The zero-order valence-corrected chi connectivity index (χ0v) is 6.99. The molecule has 0 bridgehead atoms. The fourth-order valence-electron chi connectivity index (χ4n) is 1.32. The molecule has 0 aromatic heterocycles. The highest BCUT2D eigenvalue weighted by Gasteiger charge is 2.26. The molecule has 2 fully saturated rings. The predicted octanol–water partition coefficient (Wildman–Crippen LogP) is 0.618. The van der Waals surface area contributed by atoms with E-state index in [9.17, 15) is 4.79 Å². The highest BCUT2D eigenvalue weighted by Crippen LogP contribution is 2.13. The average molecular weight is 171 g/mol. The first-order valence-electron chi connectivity index (χ1n) is 4.39. The van der Waals surface area contributed by atoms with Crippen LogP contribution in [0, 0.1) is 0 Å². The molecular formula is C8H13NO3. The lowest BCUT2D eigenvalue weighted by Crippen LogP contribution is -2.43. The zero-order chi connectivity index (χ0) is 8.39. The molecular weight excluding hydrogens is 158 g/mol. The van der Waals surface area contributed by atoms with Crippen LogP contribution in [0.3, 0.4) is 0 Å². The summed E-state index contributed by atoms with van der Waals surface area (Å²) in [5.41, 5.74) is 0. The number of amides is 1. The van der Waals surface area contributed by atoms with Crippen LogP contribution in [0.2, 0.25) is 0 Å². The van der Waals surface area contributed by atoms with E-state index in [2.05, 4.69) is 0 Å². The lowest BCUT2D eigenvalue weighted by atomic mass is 10.2. The second-order valence-corrected chi connectivity index (χ2v) is 3.21. The Morgan fingerprint density at radius 1 is 1.50 bits per heavy atom. The Kier molecular flexibility index (Phi) is 2.17. The van der Waals surface area contributed by atoms with Crippen molar-refractivity contribution in [2.75, 3.05) is 26.3 Å². The maximum absolute atomic E-state index is 11.2. The third-order valence-corrected chi connectivity index (χ3v) is 2.27. The van der Waals surface area contributed by atoms with Gasteiger partial charge in [-0.25, -0.2) is 4.79 Å². The fourth-order valence-corrected chi connectivity index (χ4v) is 1.32. The van der Waals surface area contributed by atoms with Gasteiger partial charge < -0.3 is 14.4 Å². The van der Waals surface area contributed by atoms with Gasteiger partial charge in [-0.2, -0.15) is 0 Å². The highest BCUT2D eigenvalue weighted by molar-refractivity contribution is 5.68. The van der Waals surface area contributed by atoms with Crippen molar-refractivity contribution in [3.05, 3.63) is 0 Å². The molecule has 0 radical (unpaired) electrons. The van der Waals surface area contributed by atoms with Crippen molar-refractivity contribution in [2.24, 2.45) is 0 Å². The number of nitrogens with zero attached hydrogens (tertiary/aromatic N) is 1. The van der Waals surface area contributed by atoms with Gasteiger partial charge >= 0.3 is 6.09 Å². The maximum atomic E-state index is 11.2. The minimum Gasteiger partial charge on any atom is -0.444 e. The predicted molar refractivity (Wildman–Crippen MR) is 41.9 cm³/mol. The minimum atomic E-state index is -0.170. The van der Waals surface area contributed by atoms with E-state index in [0.29, 0.717) is 6.61 Å². The second-order valence-electron chi connectivity index (χ2n) is 3.21. The minimum absolute atomic E-state index is 0.00176. The number of ether oxygens (including phenoxy) is 2. The molecule has 0 N–H and O–H groups in total.